The second-order valence-electron chi connectivity index (χ2n) is 7.90. The Morgan fingerprint density at radius 3 is 1.43 bits per heavy atom. The summed E-state index contributed by atoms with van der Waals surface area (Å²) in [6.07, 6.45) is 18.5. The van der Waals surface area contributed by atoms with Crippen LogP contribution in [0.1, 0.15) is 104 Å². The maximum Gasteiger partial charge on any atom is 0.0794 e. The van der Waals surface area contributed by atoms with Crippen molar-refractivity contribution in [2.75, 3.05) is 26.7 Å². The van der Waals surface area contributed by atoms with Crippen LogP contribution in [0.3, 0.4) is 0 Å². The van der Waals surface area contributed by atoms with Crippen LogP contribution < -0.4 is 0 Å². The zero-order valence-corrected chi connectivity index (χ0v) is 18.9. The zero-order valence-electron chi connectivity index (χ0n) is 16.7. The maximum absolute atomic E-state index is 2.59. The van der Waals surface area contributed by atoms with Crippen molar-refractivity contribution in [1.29, 1.82) is 0 Å². The van der Waals surface area contributed by atoms with Gasteiger partial charge in [0.1, 0.15) is 0 Å². The molecule has 0 aromatic carbocycles. The third-order valence-electron chi connectivity index (χ3n) is 5.17. The molecule has 1 unspecified atom stereocenters. The third kappa shape index (κ3) is 15.9. The molecule has 0 aliphatic rings. The molecule has 0 aromatic rings. The molecule has 1 nitrogen and oxygen atoms in total. The lowest BCUT2D eigenvalue weighted by Gasteiger charge is -2.35. The highest BCUT2D eigenvalue weighted by atomic mass is 127. The van der Waals surface area contributed by atoms with Crippen molar-refractivity contribution in [1.82, 2.24) is 0 Å². The van der Waals surface area contributed by atoms with Crippen LogP contribution in [0.25, 0.3) is 0 Å². The van der Waals surface area contributed by atoms with Crippen LogP contribution in [0.5, 0.6) is 0 Å². The van der Waals surface area contributed by atoms with Gasteiger partial charge in [-0.3, -0.25) is 0 Å². The number of hydrogen-bond donors (Lipinski definition) is 0. The fourth-order valence-corrected chi connectivity index (χ4v) is 3.65. The first kappa shape index (κ1) is 23.7. The van der Waals surface area contributed by atoms with Gasteiger partial charge in [-0.05, 0) is 25.7 Å². The van der Waals surface area contributed by atoms with Crippen LogP contribution >= 0.6 is 22.6 Å². The van der Waals surface area contributed by atoms with Crippen molar-refractivity contribution in [2.24, 2.45) is 0 Å². The molecule has 0 aliphatic heterocycles. The summed E-state index contributed by atoms with van der Waals surface area (Å²) in [5.41, 5.74) is 0. The van der Waals surface area contributed by atoms with Crippen molar-refractivity contribution in [3.05, 3.63) is 0 Å². The number of unbranched alkanes of at least 4 members (excludes halogenated alkanes) is 10. The quantitative estimate of drug-likeness (QED) is 0.0963. The van der Waals surface area contributed by atoms with Gasteiger partial charge in [0.2, 0.25) is 0 Å². The lowest BCUT2D eigenvalue weighted by Crippen LogP contribution is -2.46. The smallest absolute Gasteiger partial charge is 0.0794 e. The molecule has 0 aliphatic carbocycles. The van der Waals surface area contributed by atoms with E-state index in [1.54, 1.807) is 0 Å². The molecule has 0 N–H and O–H groups in total. The number of quaternary nitrogens is 1. The third-order valence-corrected chi connectivity index (χ3v) is 5.79. The SMILES string of the molecule is CCCCCCCC[N+](C)(CCCCCCCC)CCC(C)I. The molecule has 0 radical (unpaired) electrons. The van der Waals surface area contributed by atoms with E-state index in [0.29, 0.717) is 0 Å². The summed E-state index contributed by atoms with van der Waals surface area (Å²) in [5, 5.41) is 0. The summed E-state index contributed by atoms with van der Waals surface area (Å²) in [6.45, 7) is 11.2. The average molecular weight is 439 g/mol. The maximum atomic E-state index is 2.59. The summed E-state index contributed by atoms with van der Waals surface area (Å²) in [5.74, 6) is 0. The minimum Gasteiger partial charge on any atom is -0.326 e. The van der Waals surface area contributed by atoms with Crippen LogP contribution in [0, 0.1) is 0 Å². The van der Waals surface area contributed by atoms with Gasteiger partial charge >= 0.3 is 0 Å². The van der Waals surface area contributed by atoms with E-state index in [1.807, 2.05) is 0 Å². The van der Waals surface area contributed by atoms with E-state index in [4.69, 9.17) is 0 Å². The Morgan fingerprint density at radius 2 is 1.04 bits per heavy atom. The molecule has 0 spiro atoms. The highest BCUT2D eigenvalue weighted by Gasteiger charge is 2.21. The second-order valence-corrected chi connectivity index (χ2v) is 10.0. The summed E-state index contributed by atoms with van der Waals surface area (Å²) in [6, 6.07) is 0. The van der Waals surface area contributed by atoms with Crippen LogP contribution in [-0.4, -0.2) is 35.1 Å². The Bertz CT molecular complexity index is 224. The van der Waals surface area contributed by atoms with Gasteiger partial charge in [-0.15, -0.1) is 0 Å². The standard InChI is InChI=1S/C21H45IN/c1-5-7-9-11-13-15-18-23(4,20-17-21(3)22)19-16-14-12-10-8-6-2/h21H,5-20H2,1-4H3/q+1. The Balaban J connectivity index is 3.98. The molecule has 140 valence electrons. The predicted molar refractivity (Wildman–Crippen MR) is 116 cm³/mol. The van der Waals surface area contributed by atoms with Crippen molar-refractivity contribution in [3.63, 3.8) is 0 Å². The zero-order chi connectivity index (χ0) is 17.4. The van der Waals surface area contributed by atoms with Gasteiger partial charge in [0.15, 0.2) is 0 Å². The van der Waals surface area contributed by atoms with Crippen LogP contribution in [0.4, 0.5) is 0 Å². The normalized spacial score (nSPS) is 13.4. The monoisotopic (exact) mass is 438 g/mol. The molecular weight excluding hydrogens is 393 g/mol. The predicted octanol–water partition coefficient (Wildman–Crippen LogP) is 7.37. The van der Waals surface area contributed by atoms with Crippen LogP contribution in [0.15, 0.2) is 0 Å². The van der Waals surface area contributed by atoms with E-state index in [2.05, 4.69) is 50.4 Å². The Morgan fingerprint density at radius 1 is 0.652 bits per heavy atom. The van der Waals surface area contributed by atoms with Gasteiger partial charge in [0.25, 0.3) is 0 Å². The fraction of sp³-hybridized carbons (Fsp3) is 1.00. The molecule has 23 heavy (non-hydrogen) atoms. The average Bonchev–Trinajstić information content (AvgIpc) is 2.52. The molecule has 0 amide bonds. The largest absolute Gasteiger partial charge is 0.326 e. The molecular formula is C21H45IN+. The van der Waals surface area contributed by atoms with Gasteiger partial charge < -0.3 is 4.48 Å². The minimum absolute atomic E-state index is 0.819. The van der Waals surface area contributed by atoms with E-state index in [0.717, 1.165) is 3.92 Å². The lowest BCUT2D eigenvalue weighted by atomic mass is 10.1. The van der Waals surface area contributed by atoms with Crippen molar-refractivity contribution in [3.8, 4) is 0 Å². The van der Waals surface area contributed by atoms with Crippen molar-refractivity contribution < 1.29 is 4.48 Å². The second kappa shape index (κ2) is 16.2. The lowest BCUT2D eigenvalue weighted by molar-refractivity contribution is -0.910. The van der Waals surface area contributed by atoms with Gasteiger partial charge in [-0.2, -0.15) is 0 Å². The number of rotatable bonds is 17. The number of alkyl halides is 1. The first-order valence-corrected chi connectivity index (χ1v) is 11.8. The molecule has 0 fully saturated rings. The highest BCUT2D eigenvalue weighted by molar-refractivity contribution is 14.1. The number of hydrogen-bond acceptors (Lipinski definition) is 0. The topological polar surface area (TPSA) is 0 Å². The minimum atomic E-state index is 0.819. The molecule has 2 heteroatoms. The summed E-state index contributed by atoms with van der Waals surface area (Å²) in [4.78, 5) is 0. The van der Waals surface area contributed by atoms with E-state index in [9.17, 15) is 0 Å². The van der Waals surface area contributed by atoms with Crippen LogP contribution in [-0.2, 0) is 0 Å². The first-order valence-electron chi connectivity index (χ1n) is 10.5. The Labute approximate surface area is 161 Å². The van der Waals surface area contributed by atoms with Gasteiger partial charge in [-0.1, -0.05) is 94.7 Å². The Hall–Kier alpha value is 0.690. The highest BCUT2D eigenvalue weighted by Crippen LogP contribution is 2.16. The fourth-order valence-electron chi connectivity index (χ4n) is 3.37. The summed E-state index contributed by atoms with van der Waals surface area (Å²) < 4.78 is 2.15. The number of nitrogens with zero attached hydrogens (tertiary/aromatic N) is 1. The van der Waals surface area contributed by atoms with E-state index < -0.39 is 0 Å². The molecule has 0 bridgehead atoms. The first-order chi connectivity index (χ1) is 11.0. The molecule has 0 rings (SSSR count). The van der Waals surface area contributed by atoms with Crippen molar-refractivity contribution in [2.45, 2.75) is 108 Å². The summed E-state index contributed by atoms with van der Waals surface area (Å²) in [7, 11) is 2.52. The molecule has 0 saturated carbocycles. The van der Waals surface area contributed by atoms with E-state index >= 15 is 0 Å². The van der Waals surface area contributed by atoms with Gasteiger partial charge in [0, 0.05) is 10.3 Å². The summed E-state index contributed by atoms with van der Waals surface area (Å²) >= 11 is 2.59. The van der Waals surface area contributed by atoms with E-state index in [-0.39, 0.29) is 0 Å². The Kier molecular flexibility index (Phi) is 16.7. The van der Waals surface area contributed by atoms with Crippen LogP contribution in [0.2, 0.25) is 0 Å². The van der Waals surface area contributed by atoms with Gasteiger partial charge in [0.05, 0.1) is 26.7 Å². The molecule has 1 atom stereocenters. The van der Waals surface area contributed by atoms with Gasteiger partial charge in [-0.25, -0.2) is 0 Å². The number of halogens is 1. The van der Waals surface area contributed by atoms with E-state index in [1.165, 1.54) is 108 Å². The molecule has 0 aromatic heterocycles. The van der Waals surface area contributed by atoms with Crippen molar-refractivity contribution >= 4 is 22.6 Å². The molecule has 0 heterocycles. The molecule has 0 saturated heterocycles.